The molecule has 2 heterocycles. The van der Waals surface area contributed by atoms with Crippen molar-refractivity contribution in [1.82, 2.24) is 4.90 Å². The number of rotatable bonds is 9. The molecule has 0 spiro atoms. The number of halogens is 1. The Kier molecular flexibility index (Phi) is 8.91. The number of hydrogen-bond donors (Lipinski definition) is 3. The van der Waals surface area contributed by atoms with Crippen molar-refractivity contribution in [3.8, 4) is 0 Å². The predicted octanol–water partition coefficient (Wildman–Crippen LogP) is 5.00. The Morgan fingerprint density at radius 1 is 1.12 bits per heavy atom. The van der Waals surface area contributed by atoms with Gasteiger partial charge in [-0.05, 0) is 60.9 Å². The molecule has 0 aromatic heterocycles. The first-order valence-electron chi connectivity index (χ1n) is 14.1. The van der Waals surface area contributed by atoms with Gasteiger partial charge in [-0.25, -0.2) is 0 Å². The lowest BCUT2D eigenvalue weighted by Crippen LogP contribution is -2.44. The van der Waals surface area contributed by atoms with Crippen LogP contribution in [0.3, 0.4) is 0 Å². The molecular weight excluding hydrogens is 598 g/mol. The first-order valence-corrected chi connectivity index (χ1v) is 14.9. The van der Waals surface area contributed by atoms with Crippen molar-refractivity contribution in [3.63, 3.8) is 0 Å². The maximum atomic E-state index is 13.9. The van der Waals surface area contributed by atoms with E-state index in [1.165, 1.54) is 0 Å². The topological polar surface area (TPSA) is 110 Å². The van der Waals surface area contributed by atoms with Gasteiger partial charge in [0.15, 0.2) is 5.60 Å². The highest BCUT2D eigenvalue weighted by atomic mass is 79.9. The molecule has 2 aliphatic heterocycles. The van der Waals surface area contributed by atoms with Crippen LogP contribution in [0.4, 0.5) is 11.4 Å². The van der Waals surface area contributed by atoms with Gasteiger partial charge < -0.3 is 25.3 Å². The van der Waals surface area contributed by atoms with Crippen molar-refractivity contribution >= 4 is 45.0 Å². The third-order valence-corrected chi connectivity index (χ3v) is 8.57. The zero-order valence-corrected chi connectivity index (χ0v) is 25.0. The summed E-state index contributed by atoms with van der Waals surface area (Å²) in [7, 11) is 0. The number of carbonyl (C=O) groups is 3. The number of hydrogen-bond acceptors (Lipinski definition) is 5. The lowest BCUT2D eigenvalue weighted by molar-refractivity contribution is -0.139. The predicted molar refractivity (Wildman–Crippen MR) is 165 cm³/mol. The summed E-state index contributed by atoms with van der Waals surface area (Å²) >= 11 is 3.48. The number of nitrogens with zero attached hydrogens (tertiary/aromatic N) is 2. The summed E-state index contributed by atoms with van der Waals surface area (Å²) in [5, 5.41) is 24.4. The van der Waals surface area contributed by atoms with Gasteiger partial charge in [-0.3, -0.25) is 14.4 Å². The monoisotopic (exact) mass is 631 g/mol. The minimum Gasteiger partial charge on any atom is -0.394 e. The van der Waals surface area contributed by atoms with Crippen molar-refractivity contribution in [2.24, 2.45) is 5.92 Å². The summed E-state index contributed by atoms with van der Waals surface area (Å²) in [6.45, 7) is 2.53. The van der Waals surface area contributed by atoms with Gasteiger partial charge in [0.05, 0.1) is 24.9 Å². The molecule has 0 bridgehead atoms. The fraction of sp³-hybridized carbons (Fsp3) is 0.303. The minimum absolute atomic E-state index is 0.0517. The average molecular weight is 633 g/mol. The molecule has 0 saturated carbocycles. The molecule has 5 rings (SSSR count). The van der Waals surface area contributed by atoms with E-state index in [-0.39, 0.29) is 37.4 Å². The minimum atomic E-state index is -1.83. The van der Waals surface area contributed by atoms with Crippen molar-refractivity contribution in [1.29, 1.82) is 0 Å². The van der Waals surface area contributed by atoms with E-state index in [1.807, 2.05) is 30.3 Å². The molecule has 1 fully saturated rings. The highest BCUT2D eigenvalue weighted by Crippen LogP contribution is 2.46. The van der Waals surface area contributed by atoms with Crippen LogP contribution >= 0.6 is 15.9 Å². The molecule has 9 heteroatoms. The number of fused-ring (bicyclic) bond motifs is 1. The number of benzene rings is 3. The first-order chi connectivity index (χ1) is 20.2. The quantitative estimate of drug-likeness (QED) is 0.288. The van der Waals surface area contributed by atoms with E-state index in [0.717, 1.165) is 22.9 Å². The van der Waals surface area contributed by atoms with Crippen LogP contribution in [-0.4, -0.2) is 52.0 Å². The summed E-state index contributed by atoms with van der Waals surface area (Å²) < 4.78 is 0.732. The molecule has 1 saturated heterocycles. The van der Waals surface area contributed by atoms with Gasteiger partial charge in [-0.1, -0.05) is 65.3 Å². The van der Waals surface area contributed by atoms with E-state index in [4.69, 9.17) is 0 Å². The Morgan fingerprint density at radius 3 is 2.67 bits per heavy atom. The highest BCUT2D eigenvalue weighted by molar-refractivity contribution is 9.10. The number of aliphatic hydroxyl groups excluding tert-OH is 1. The second-order valence-corrected chi connectivity index (χ2v) is 11.7. The third-order valence-electron chi connectivity index (χ3n) is 8.08. The zero-order chi connectivity index (χ0) is 29.9. The van der Waals surface area contributed by atoms with Crippen molar-refractivity contribution < 1.29 is 24.6 Å². The molecule has 3 N–H and O–H groups in total. The SMILES string of the molecule is C[C@@H](/C=C/CC(=O)N1CCC[C@H]1CO)[C@]1(O)C(=O)N(Cc2cccc(NC(=O)c3ccccc3)c2)c2ccc(Br)cc21. The van der Waals surface area contributed by atoms with Gasteiger partial charge in [0.2, 0.25) is 5.91 Å². The van der Waals surface area contributed by atoms with Crippen LogP contribution in [0.1, 0.15) is 47.7 Å². The smallest absolute Gasteiger partial charge is 0.264 e. The van der Waals surface area contributed by atoms with E-state index in [1.54, 1.807) is 71.3 Å². The van der Waals surface area contributed by atoms with Crippen LogP contribution in [0.25, 0.3) is 0 Å². The Bertz CT molecular complexity index is 1510. The number of aliphatic hydroxyl groups is 2. The second kappa shape index (κ2) is 12.6. The van der Waals surface area contributed by atoms with Crippen LogP contribution in [0.5, 0.6) is 0 Å². The van der Waals surface area contributed by atoms with Gasteiger partial charge in [0.1, 0.15) is 0 Å². The number of nitrogens with one attached hydrogen (secondary N) is 1. The standard InChI is InChI=1S/C33H34BrN3O5/c1-22(8-5-14-30(39)36-17-7-13-27(36)21-38)33(42)28-19-25(34)15-16-29(28)37(32(33)41)20-23-9-6-12-26(18-23)35-31(40)24-10-3-2-4-11-24/h2-6,8-12,15-16,18-19,22,27,38,42H,7,13-14,17,20-21H2,1H3,(H,35,40)/b8-5+/t22-,27-,33+/m0/s1. The molecule has 0 aliphatic carbocycles. The summed E-state index contributed by atoms with van der Waals surface area (Å²) in [6.07, 6.45) is 5.20. The molecule has 3 amide bonds. The third kappa shape index (κ3) is 5.90. The number of anilines is 2. The van der Waals surface area contributed by atoms with E-state index >= 15 is 0 Å². The normalized spacial score (nSPS) is 20.7. The molecule has 218 valence electrons. The lowest BCUT2D eigenvalue weighted by atomic mass is 9.83. The van der Waals surface area contributed by atoms with E-state index in [2.05, 4.69) is 21.2 Å². The Balaban J connectivity index is 1.34. The van der Waals surface area contributed by atoms with Crippen LogP contribution in [-0.2, 0) is 21.7 Å². The average Bonchev–Trinajstić information content (AvgIpc) is 3.56. The maximum Gasteiger partial charge on any atom is 0.264 e. The Morgan fingerprint density at radius 2 is 1.90 bits per heavy atom. The van der Waals surface area contributed by atoms with Gasteiger partial charge in [0, 0.05) is 40.2 Å². The number of likely N-dealkylation sites (tertiary alicyclic amines) is 1. The molecular formula is C33H34BrN3O5. The van der Waals surface area contributed by atoms with Crippen LogP contribution < -0.4 is 10.2 Å². The molecule has 8 nitrogen and oxygen atoms in total. The second-order valence-electron chi connectivity index (χ2n) is 10.8. The van der Waals surface area contributed by atoms with Crippen LogP contribution in [0.15, 0.2) is 89.4 Å². The zero-order valence-electron chi connectivity index (χ0n) is 23.4. The van der Waals surface area contributed by atoms with Gasteiger partial charge in [0.25, 0.3) is 11.8 Å². The summed E-state index contributed by atoms with van der Waals surface area (Å²) in [6, 6.07) is 21.5. The van der Waals surface area contributed by atoms with Gasteiger partial charge in [-0.15, -0.1) is 0 Å². The van der Waals surface area contributed by atoms with Crippen molar-refractivity contribution in [2.45, 2.75) is 44.4 Å². The molecule has 2 aliphatic rings. The molecule has 42 heavy (non-hydrogen) atoms. The maximum absolute atomic E-state index is 13.9. The Hall–Kier alpha value is -3.79. The first kappa shape index (κ1) is 29.7. The van der Waals surface area contributed by atoms with E-state index in [0.29, 0.717) is 29.0 Å². The molecule has 0 unspecified atom stereocenters. The van der Waals surface area contributed by atoms with Crippen molar-refractivity contribution in [2.75, 3.05) is 23.4 Å². The Labute approximate surface area is 253 Å². The molecule has 3 aromatic carbocycles. The highest BCUT2D eigenvalue weighted by Gasteiger charge is 2.52. The largest absolute Gasteiger partial charge is 0.394 e. The van der Waals surface area contributed by atoms with E-state index < -0.39 is 17.4 Å². The summed E-state index contributed by atoms with van der Waals surface area (Å²) in [4.78, 5) is 42.6. The van der Waals surface area contributed by atoms with Gasteiger partial charge >= 0.3 is 0 Å². The summed E-state index contributed by atoms with van der Waals surface area (Å²) in [5.41, 5.74) is 1.17. The molecule has 3 aromatic rings. The molecule has 3 atom stereocenters. The fourth-order valence-corrected chi connectivity index (χ4v) is 6.14. The van der Waals surface area contributed by atoms with Gasteiger partial charge in [-0.2, -0.15) is 0 Å². The fourth-order valence-electron chi connectivity index (χ4n) is 5.78. The van der Waals surface area contributed by atoms with Crippen LogP contribution in [0.2, 0.25) is 0 Å². The number of carbonyl (C=O) groups excluding carboxylic acids is 3. The van der Waals surface area contributed by atoms with Crippen molar-refractivity contribution in [3.05, 3.63) is 106 Å². The van der Waals surface area contributed by atoms with E-state index in [9.17, 15) is 24.6 Å². The summed E-state index contributed by atoms with van der Waals surface area (Å²) in [5.74, 6) is -1.40. The lowest BCUT2D eigenvalue weighted by Gasteiger charge is -2.28. The number of amides is 3. The molecule has 0 radical (unpaired) electrons. The van der Waals surface area contributed by atoms with Crippen LogP contribution in [0, 0.1) is 5.92 Å².